The van der Waals surface area contributed by atoms with Crippen molar-refractivity contribution in [3.05, 3.63) is 39.0 Å². The molecule has 0 N–H and O–H groups in total. The predicted octanol–water partition coefficient (Wildman–Crippen LogP) is 3.82. The van der Waals surface area contributed by atoms with Crippen molar-refractivity contribution in [2.75, 3.05) is 6.61 Å². The van der Waals surface area contributed by atoms with Crippen molar-refractivity contribution in [3.8, 4) is 11.1 Å². The van der Waals surface area contributed by atoms with Crippen LogP contribution in [0.5, 0.6) is 0 Å². The molecule has 0 fully saturated rings. The van der Waals surface area contributed by atoms with Crippen molar-refractivity contribution in [1.29, 1.82) is 5.26 Å². The van der Waals surface area contributed by atoms with Crippen LogP contribution in [0.25, 0.3) is 5.00 Å². The van der Waals surface area contributed by atoms with Crippen molar-refractivity contribution in [1.82, 2.24) is 4.57 Å². The molecule has 4 nitrogen and oxygen atoms in total. The van der Waals surface area contributed by atoms with Crippen LogP contribution in [0.4, 0.5) is 0 Å². The van der Waals surface area contributed by atoms with Gasteiger partial charge in [-0.15, -0.1) is 11.3 Å². The zero-order valence-electron chi connectivity index (χ0n) is 12.9. The first-order valence-corrected chi connectivity index (χ1v) is 7.60. The first-order chi connectivity index (χ1) is 9.92. The standard InChI is InChI=1S/C16H18N2O2S/c1-6-20-16(19)14-10(3)12(5)21-15(14)18-9(2)7-13(8-17)11(18)4/h7H,6H2,1-5H3. The van der Waals surface area contributed by atoms with Gasteiger partial charge in [0.1, 0.15) is 11.1 Å². The van der Waals surface area contributed by atoms with Gasteiger partial charge in [-0.2, -0.15) is 5.26 Å². The summed E-state index contributed by atoms with van der Waals surface area (Å²) in [5, 5.41) is 10.0. The summed E-state index contributed by atoms with van der Waals surface area (Å²) in [5.74, 6) is -0.305. The number of nitrogens with zero attached hydrogens (tertiary/aromatic N) is 2. The number of aromatic nitrogens is 1. The highest BCUT2D eigenvalue weighted by molar-refractivity contribution is 7.15. The Labute approximate surface area is 128 Å². The van der Waals surface area contributed by atoms with E-state index in [2.05, 4.69) is 6.07 Å². The summed E-state index contributed by atoms with van der Waals surface area (Å²) in [5.41, 5.74) is 3.97. The maximum absolute atomic E-state index is 12.3. The Hall–Kier alpha value is -2.06. The molecule has 110 valence electrons. The fraction of sp³-hybridized carbons (Fsp3) is 0.375. The first kappa shape index (κ1) is 15.3. The van der Waals surface area contributed by atoms with Crippen LogP contribution < -0.4 is 0 Å². The Morgan fingerprint density at radius 2 is 2.05 bits per heavy atom. The summed E-state index contributed by atoms with van der Waals surface area (Å²) < 4.78 is 7.15. The highest BCUT2D eigenvalue weighted by atomic mass is 32.1. The lowest BCUT2D eigenvalue weighted by Gasteiger charge is -2.10. The summed E-state index contributed by atoms with van der Waals surface area (Å²) in [6, 6.07) is 4.03. The number of ether oxygens (including phenoxy) is 1. The molecule has 0 spiro atoms. The van der Waals surface area contributed by atoms with Crippen LogP contribution in [0.3, 0.4) is 0 Å². The fourth-order valence-electron chi connectivity index (χ4n) is 2.40. The number of thiophene rings is 1. The Morgan fingerprint density at radius 3 is 2.57 bits per heavy atom. The number of nitriles is 1. The summed E-state index contributed by atoms with van der Waals surface area (Å²) in [4.78, 5) is 13.4. The van der Waals surface area contributed by atoms with Gasteiger partial charge in [-0.3, -0.25) is 0 Å². The summed E-state index contributed by atoms with van der Waals surface area (Å²) >= 11 is 1.55. The van der Waals surface area contributed by atoms with E-state index in [9.17, 15) is 10.1 Å². The second-order valence-corrected chi connectivity index (χ2v) is 6.12. The number of rotatable bonds is 3. The summed E-state index contributed by atoms with van der Waals surface area (Å²) in [6.45, 7) is 9.90. The van der Waals surface area contributed by atoms with E-state index in [1.165, 1.54) is 0 Å². The van der Waals surface area contributed by atoms with Crippen LogP contribution >= 0.6 is 11.3 Å². The third-order valence-corrected chi connectivity index (χ3v) is 4.79. The minimum absolute atomic E-state index is 0.305. The number of hydrogen-bond donors (Lipinski definition) is 0. The molecule has 2 rings (SSSR count). The normalized spacial score (nSPS) is 10.5. The second-order valence-electron chi connectivity index (χ2n) is 4.92. The van der Waals surface area contributed by atoms with E-state index < -0.39 is 0 Å². The van der Waals surface area contributed by atoms with Gasteiger partial charge >= 0.3 is 5.97 Å². The van der Waals surface area contributed by atoms with E-state index in [1.807, 2.05) is 38.3 Å². The molecule has 0 saturated carbocycles. The molecular formula is C16H18N2O2S. The van der Waals surface area contributed by atoms with Crippen molar-refractivity contribution in [2.24, 2.45) is 0 Å². The summed E-state index contributed by atoms with van der Waals surface area (Å²) in [6.07, 6.45) is 0. The first-order valence-electron chi connectivity index (χ1n) is 6.78. The lowest BCUT2D eigenvalue weighted by Crippen LogP contribution is -2.10. The average Bonchev–Trinajstić information content (AvgIpc) is 2.87. The lowest BCUT2D eigenvalue weighted by molar-refractivity contribution is 0.0526. The topological polar surface area (TPSA) is 55.0 Å². The minimum Gasteiger partial charge on any atom is -0.462 e. The molecule has 0 aliphatic heterocycles. The Morgan fingerprint density at radius 1 is 1.38 bits per heavy atom. The Kier molecular flexibility index (Phi) is 4.19. The fourth-order valence-corrected chi connectivity index (χ4v) is 3.65. The zero-order valence-corrected chi connectivity index (χ0v) is 13.7. The maximum Gasteiger partial charge on any atom is 0.341 e. The van der Waals surface area contributed by atoms with Crippen molar-refractivity contribution in [2.45, 2.75) is 34.6 Å². The SMILES string of the molecule is CCOC(=O)c1c(-n2c(C)cc(C#N)c2C)sc(C)c1C. The molecule has 2 aromatic heterocycles. The maximum atomic E-state index is 12.3. The van der Waals surface area contributed by atoms with Gasteiger partial charge < -0.3 is 9.30 Å². The number of carbonyl (C=O) groups excluding carboxylic acids is 1. The molecule has 0 radical (unpaired) electrons. The number of carbonyl (C=O) groups is 1. The molecule has 5 heteroatoms. The molecule has 0 unspecified atom stereocenters. The molecule has 0 amide bonds. The zero-order chi connectivity index (χ0) is 15.7. The van der Waals surface area contributed by atoms with Gasteiger partial charge in [0.25, 0.3) is 0 Å². The third-order valence-electron chi connectivity index (χ3n) is 3.60. The minimum atomic E-state index is -0.305. The van der Waals surface area contributed by atoms with E-state index in [1.54, 1.807) is 18.3 Å². The number of aryl methyl sites for hydroxylation is 2. The summed E-state index contributed by atoms with van der Waals surface area (Å²) in [7, 11) is 0. The van der Waals surface area contributed by atoms with Gasteiger partial charge in [0.05, 0.1) is 17.7 Å². The largest absolute Gasteiger partial charge is 0.462 e. The second kappa shape index (κ2) is 5.74. The third kappa shape index (κ3) is 2.47. The van der Waals surface area contributed by atoms with Gasteiger partial charge in [-0.1, -0.05) is 0 Å². The predicted molar refractivity (Wildman–Crippen MR) is 83.3 cm³/mol. The highest BCUT2D eigenvalue weighted by Crippen LogP contribution is 2.34. The van der Waals surface area contributed by atoms with Gasteiger partial charge in [0.2, 0.25) is 0 Å². The molecule has 21 heavy (non-hydrogen) atoms. The van der Waals surface area contributed by atoms with Gasteiger partial charge in [-0.05, 0) is 46.2 Å². The van der Waals surface area contributed by atoms with Gasteiger partial charge in [0, 0.05) is 16.3 Å². The molecule has 0 atom stereocenters. The molecule has 0 bridgehead atoms. The van der Waals surface area contributed by atoms with E-state index in [-0.39, 0.29) is 5.97 Å². The Bertz CT molecular complexity index is 747. The highest BCUT2D eigenvalue weighted by Gasteiger charge is 2.24. The van der Waals surface area contributed by atoms with Crippen molar-refractivity contribution < 1.29 is 9.53 Å². The lowest BCUT2D eigenvalue weighted by atomic mass is 10.1. The quantitative estimate of drug-likeness (QED) is 0.810. The molecule has 0 aromatic carbocycles. The molecular weight excluding hydrogens is 284 g/mol. The van der Waals surface area contributed by atoms with Crippen LogP contribution in [0.15, 0.2) is 6.07 Å². The smallest absolute Gasteiger partial charge is 0.341 e. The van der Waals surface area contributed by atoms with Crippen molar-refractivity contribution >= 4 is 17.3 Å². The van der Waals surface area contributed by atoms with E-state index >= 15 is 0 Å². The molecule has 2 heterocycles. The molecule has 0 saturated heterocycles. The van der Waals surface area contributed by atoms with Gasteiger partial charge in [-0.25, -0.2) is 4.79 Å². The van der Waals surface area contributed by atoms with Crippen LogP contribution in [-0.2, 0) is 4.74 Å². The van der Waals surface area contributed by atoms with Crippen LogP contribution in [-0.4, -0.2) is 17.1 Å². The molecule has 2 aromatic rings. The van der Waals surface area contributed by atoms with E-state index in [0.717, 1.165) is 26.8 Å². The average molecular weight is 302 g/mol. The van der Waals surface area contributed by atoms with Crippen LogP contribution in [0, 0.1) is 39.0 Å². The van der Waals surface area contributed by atoms with E-state index in [0.29, 0.717) is 17.7 Å². The van der Waals surface area contributed by atoms with Crippen molar-refractivity contribution in [3.63, 3.8) is 0 Å². The Balaban J connectivity index is 2.71. The van der Waals surface area contributed by atoms with Crippen LogP contribution in [0.1, 0.15) is 44.7 Å². The number of esters is 1. The molecule has 0 aliphatic carbocycles. The number of hydrogen-bond acceptors (Lipinski definition) is 4. The van der Waals surface area contributed by atoms with Crippen LogP contribution in [0.2, 0.25) is 0 Å². The van der Waals surface area contributed by atoms with E-state index in [4.69, 9.17) is 4.74 Å². The monoisotopic (exact) mass is 302 g/mol. The van der Waals surface area contributed by atoms with Gasteiger partial charge in [0.15, 0.2) is 0 Å². The molecule has 0 aliphatic rings.